The highest BCUT2D eigenvalue weighted by Crippen LogP contribution is 2.12. The number of nitriles is 1. The maximum Gasteiger partial charge on any atom is 0.0991 e. The van der Waals surface area contributed by atoms with Gasteiger partial charge in [0, 0.05) is 5.33 Å². The van der Waals surface area contributed by atoms with E-state index in [9.17, 15) is 0 Å². The fraction of sp³-hybridized carbons (Fsp3) is 0.250. The number of alkyl halides is 1. The molecule has 0 atom stereocenters. The summed E-state index contributed by atoms with van der Waals surface area (Å²) >= 11 is 3.44. The third kappa shape index (κ3) is 3.01. The molecular formula is C12H12BrN. The number of hydrogen-bond donors (Lipinski definition) is 0. The van der Waals surface area contributed by atoms with E-state index in [0.717, 1.165) is 17.3 Å². The fourth-order valence-electron chi connectivity index (χ4n) is 1.12. The molecule has 0 amide bonds. The smallest absolute Gasteiger partial charge is 0.0991 e. The molecule has 14 heavy (non-hydrogen) atoms. The van der Waals surface area contributed by atoms with Crippen molar-refractivity contribution in [3.8, 4) is 6.07 Å². The Morgan fingerprint density at radius 2 is 2.07 bits per heavy atom. The summed E-state index contributed by atoms with van der Waals surface area (Å²) in [6.07, 6.45) is 3.20. The van der Waals surface area contributed by atoms with Gasteiger partial charge in [0.05, 0.1) is 11.6 Å². The number of benzene rings is 1. The van der Waals surface area contributed by atoms with Crippen molar-refractivity contribution in [1.29, 1.82) is 5.26 Å². The van der Waals surface area contributed by atoms with Crippen LogP contribution in [-0.4, -0.2) is 5.33 Å². The van der Waals surface area contributed by atoms with Crippen molar-refractivity contribution < 1.29 is 0 Å². The van der Waals surface area contributed by atoms with Crippen LogP contribution in [0.1, 0.15) is 24.5 Å². The molecule has 1 aromatic carbocycles. The minimum atomic E-state index is 0.707. The Hall–Kier alpha value is -1.07. The Morgan fingerprint density at radius 1 is 1.43 bits per heavy atom. The summed E-state index contributed by atoms with van der Waals surface area (Å²) in [7, 11) is 0. The number of rotatable bonds is 3. The molecule has 0 heterocycles. The molecule has 1 rings (SSSR count). The maximum atomic E-state index is 8.63. The van der Waals surface area contributed by atoms with Crippen LogP contribution < -0.4 is 0 Å². The third-order valence-corrected chi connectivity index (χ3v) is 2.76. The van der Waals surface area contributed by atoms with Gasteiger partial charge < -0.3 is 0 Å². The van der Waals surface area contributed by atoms with Gasteiger partial charge in [-0.1, -0.05) is 46.6 Å². The van der Waals surface area contributed by atoms with Crippen LogP contribution in [0, 0.1) is 11.3 Å². The predicted octanol–water partition coefficient (Wildman–Crippen LogP) is 3.75. The van der Waals surface area contributed by atoms with Gasteiger partial charge in [-0.25, -0.2) is 0 Å². The van der Waals surface area contributed by atoms with E-state index >= 15 is 0 Å². The van der Waals surface area contributed by atoms with E-state index in [1.54, 1.807) is 0 Å². The van der Waals surface area contributed by atoms with Gasteiger partial charge in [-0.05, 0) is 24.1 Å². The Bertz CT molecular complexity index is 351. The van der Waals surface area contributed by atoms with Gasteiger partial charge >= 0.3 is 0 Å². The fourth-order valence-corrected chi connectivity index (χ4v) is 1.68. The van der Waals surface area contributed by atoms with Crippen molar-refractivity contribution in [3.63, 3.8) is 0 Å². The van der Waals surface area contributed by atoms with Gasteiger partial charge in [0.15, 0.2) is 0 Å². The number of halogens is 1. The molecule has 1 nitrogen and oxygen atoms in total. The quantitative estimate of drug-likeness (QED) is 0.749. The van der Waals surface area contributed by atoms with E-state index in [2.05, 4.69) is 35.0 Å². The van der Waals surface area contributed by atoms with Gasteiger partial charge in [-0.15, -0.1) is 0 Å². The van der Waals surface area contributed by atoms with Crippen LogP contribution in [0.4, 0.5) is 0 Å². The van der Waals surface area contributed by atoms with E-state index in [0.29, 0.717) is 5.56 Å². The average Bonchev–Trinajstić information content (AvgIpc) is 2.26. The lowest BCUT2D eigenvalue weighted by Crippen LogP contribution is -1.82. The zero-order valence-electron chi connectivity index (χ0n) is 8.13. The SMILES string of the molecule is CCC(=Cc1ccc(C#N)cc1)CBr. The topological polar surface area (TPSA) is 23.8 Å². The Morgan fingerprint density at radius 3 is 2.50 bits per heavy atom. The Balaban J connectivity index is 2.88. The van der Waals surface area contributed by atoms with Crippen LogP contribution >= 0.6 is 15.9 Å². The molecule has 0 N–H and O–H groups in total. The minimum absolute atomic E-state index is 0.707. The second-order valence-electron chi connectivity index (χ2n) is 3.02. The summed E-state index contributed by atoms with van der Waals surface area (Å²) in [6, 6.07) is 9.72. The van der Waals surface area contributed by atoms with Gasteiger partial charge in [-0.3, -0.25) is 0 Å². The van der Waals surface area contributed by atoms with Crippen LogP contribution in [0.15, 0.2) is 29.8 Å². The van der Waals surface area contributed by atoms with Crippen LogP contribution in [0.25, 0.3) is 6.08 Å². The molecule has 1 aromatic rings. The van der Waals surface area contributed by atoms with E-state index < -0.39 is 0 Å². The monoisotopic (exact) mass is 249 g/mol. The third-order valence-electron chi connectivity index (χ3n) is 2.04. The van der Waals surface area contributed by atoms with Gasteiger partial charge in [0.1, 0.15) is 0 Å². The van der Waals surface area contributed by atoms with Crippen molar-refractivity contribution in [3.05, 3.63) is 41.0 Å². The second-order valence-corrected chi connectivity index (χ2v) is 3.58. The molecular weight excluding hydrogens is 238 g/mol. The lowest BCUT2D eigenvalue weighted by molar-refractivity contribution is 1.12. The molecule has 0 fully saturated rings. The molecule has 2 heteroatoms. The number of allylic oxidation sites excluding steroid dienone is 1. The van der Waals surface area contributed by atoms with Crippen LogP contribution in [-0.2, 0) is 0 Å². The van der Waals surface area contributed by atoms with Crippen molar-refractivity contribution in [2.75, 3.05) is 5.33 Å². The van der Waals surface area contributed by atoms with Crippen molar-refractivity contribution in [2.24, 2.45) is 0 Å². The first-order chi connectivity index (χ1) is 6.80. The average molecular weight is 250 g/mol. The molecule has 0 unspecified atom stereocenters. The Kier molecular flexibility index (Phi) is 4.42. The molecule has 0 spiro atoms. The highest BCUT2D eigenvalue weighted by Gasteiger charge is 1.93. The maximum absolute atomic E-state index is 8.63. The van der Waals surface area contributed by atoms with Crippen LogP contribution in [0.3, 0.4) is 0 Å². The van der Waals surface area contributed by atoms with Crippen LogP contribution in [0.5, 0.6) is 0 Å². The standard InChI is InChI=1S/C12H12BrN/c1-2-10(8-13)7-11-3-5-12(9-14)6-4-11/h3-7H,2,8H2,1H3. The highest BCUT2D eigenvalue weighted by molar-refractivity contribution is 9.09. The molecule has 0 saturated heterocycles. The van der Waals surface area contributed by atoms with Crippen LogP contribution in [0.2, 0.25) is 0 Å². The van der Waals surface area contributed by atoms with E-state index in [1.165, 1.54) is 5.57 Å². The van der Waals surface area contributed by atoms with Crippen molar-refractivity contribution >= 4 is 22.0 Å². The number of nitrogens with zero attached hydrogens (tertiary/aromatic N) is 1. The highest BCUT2D eigenvalue weighted by atomic mass is 79.9. The molecule has 0 radical (unpaired) electrons. The van der Waals surface area contributed by atoms with Crippen molar-refractivity contribution in [1.82, 2.24) is 0 Å². The second kappa shape index (κ2) is 5.62. The molecule has 0 saturated carbocycles. The van der Waals surface area contributed by atoms with Gasteiger partial charge in [-0.2, -0.15) is 5.26 Å². The summed E-state index contributed by atoms with van der Waals surface area (Å²) in [5, 5.41) is 9.54. The largest absolute Gasteiger partial charge is 0.192 e. The summed E-state index contributed by atoms with van der Waals surface area (Å²) in [4.78, 5) is 0. The Labute approximate surface area is 93.2 Å². The van der Waals surface area contributed by atoms with Crippen molar-refractivity contribution in [2.45, 2.75) is 13.3 Å². The predicted molar refractivity (Wildman–Crippen MR) is 63.2 cm³/mol. The molecule has 0 aromatic heterocycles. The lowest BCUT2D eigenvalue weighted by Gasteiger charge is -1.99. The zero-order chi connectivity index (χ0) is 10.4. The molecule has 0 aliphatic heterocycles. The number of hydrogen-bond acceptors (Lipinski definition) is 1. The molecule has 72 valence electrons. The van der Waals surface area contributed by atoms with E-state index in [4.69, 9.17) is 5.26 Å². The molecule has 0 aliphatic rings. The lowest BCUT2D eigenvalue weighted by atomic mass is 10.1. The summed E-state index contributed by atoms with van der Waals surface area (Å²) in [5.41, 5.74) is 3.22. The summed E-state index contributed by atoms with van der Waals surface area (Å²) < 4.78 is 0. The first kappa shape index (κ1) is 11.0. The first-order valence-corrected chi connectivity index (χ1v) is 5.68. The normalized spacial score (nSPS) is 11.1. The van der Waals surface area contributed by atoms with E-state index in [1.807, 2.05) is 24.3 Å². The van der Waals surface area contributed by atoms with E-state index in [-0.39, 0.29) is 0 Å². The molecule has 0 aliphatic carbocycles. The first-order valence-electron chi connectivity index (χ1n) is 4.55. The minimum Gasteiger partial charge on any atom is -0.192 e. The van der Waals surface area contributed by atoms with Gasteiger partial charge in [0.2, 0.25) is 0 Å². The zero-order valence-corrected chi connectivity index (χ0v) is 9.71. The van der Waals surface area contributed by atoms with Gasteiger partial charge in [0.25, 0.3) is 0 Å². The summed E-state index contributed by atoms with van der Waals surface area (Å²) in [5.74, 6) is 0. The molecule has 0 bridgehead atoms. The summed E-state index contributed by atoms with van der Waals surface area (Å²) in [6.45, 7) is 2.14.